The number of carbonyl (C=O) groups is 1. The molecule has 4 aromatic rings. The summed E-state index contributed by atoms with van der Waals surface area (Å²) in [4.78, 5) is 44.4. The van der Waals surface area contributed by atoms with Crippen LogP contribution in [0.2, 0.25) is 0 Å². The number of nitrogens with one attached hydrogen (secondary N) is 2. The summed E-state index contributed by atoms with van der Waals surface area (Å²) in [6.45, 7) is 1.75. The minimum atomic E-state index is -0.701. The Morgan fingerprint density at radius 2 is 2.04 bits per heavy atom. The maximum Gasteiger partial charge on any atom is 0.328 e. The fourth-order valence-electron chi connectivity index (χ4n) is 2.98. The molecule has 8 nitrogen and oxygen atoms in total. The van der Waals surface area contributed by atoms with Crippen LogP contribution in [0, 0.1) is 6.92 Å². The molecule has 1 aromatic carbocycles. The summed E-state index contributed by atoms with van der Waals surface area (Å²) in [6, 6.07) is 12.4. The highest BCUT2D eigenvalue weighted by Crippen LogP contribution is 2.23. The van der Waals surface area contributed by atoms with Crippen molar-refractivity contribution in [3.8, 4) is 0 Å². The number of nitrogens with zero attached hydrogens (tertiary/aromatic N) is 2. The molecule has 3 heterocycles. The van der Waals surface area contributed by atoms with Gasteiger partial charge in [0.1, 0.15) is 11.3 Å². The van der Waals surface area contributed by atoms with Crippen LogP contribution in [-0.4, -0.2) is 20.4 Å². The number of amides is 1. The van der Waals surface area contributed by atoms with E-state index < -0.39 is 17.2 Å². The van der Waals surface area contributed by atoms with Crippen molar-refractivity contribution in [3.05, 3.63) is 92.8 Å². The Kier molecular flexibility index (Phi) is 4.36. The predicted molar refractivity (Wildman–Crippen MR) is 104 cm³/mol. The fraction of sp³-hybridized carbons (Fsp3) is 0.100. The van der Waals surface area contributed by atoms with Gasteiger partial charge < -0.3 is 14.7 Å². The average molecular weight is 376 g/mol. The van der Waals surface area contributed by atoms with Gasteiger partial charge in [-0.3, -0.25) is 19.1 Å². The predicted octanol–water partition coefficient (Wildman–Crippen LogP) is 2.29. The van der Waals surface area contributed by atoms with Crippen LogP contribution in [0.5, 0.6) is 0 Å². The number of anilines is 1. The normalized spacial score (nSPS) is 10.9. The molecule has 140 valence electrons. The fourth-order valence-corrected chi connectivity index (χ4v) is 2.98. The lowest BCUT2D eigenvalue weighted by Gasteiger charge is -2.10. The zero-order valence-electron chi connectivity index (χ0n) is 14.9. The molecule has 0 aliphatic heterocycles. The van der Waals surface area contributed by atoms with Crippen LogP contribution >= 0.6 is 0 Å². The summed E-state index contributed by atoms with van der Waals surface area (Å²) in [5, 5.41) is 3.50. The number of benzene rings is 1. The van der Waals surface area contributed by atoms with E-state index in [-0.39, 0.29) is 12.1 Å². The van der Waals surface area contributed by atoms with Crippen LogP contribution in [0.25, 0.3) is 10.9 Å². The summed E-state index contributed by atoms with van der Waals surface area (Å²) in [7, 11) is 0. The monoisotopic (exact) mass is 376 g/mol. The first-order chi connectivity index (χ1) is 13.5. The van der Waals surface area contributed by atoms with E-state index in [4.69, 9.17) is 4.42 Å². The van der Waals surface area contributed by atoms with Crippen molar-refractivity contribution in [2.24, 2.45) is 0 Å². The number of fused-ring (bicyclic) bond motifs is 1. The van der Waals surface area contributed by atoms with Crippen LogP contribution in [0.15, 0.2) is 68.9 Å². The smallest absolute Gasteiger partial charge is 0.328 e. The number of furan rings is 1. The molecule has 3 aromatic heterocycles. The Balaban J connectivity index is 1.72. The number of pyridine rings is 1. The van der Waals surface area contributed by atoms with Crippen LogP contribution in [0.4, 0.5) is 5.69 Å². The van der Waals surface area contributed by atoms with E-state index in [0.29, 0.717) is 11.4 Å². The topological polar surface area (TPSA) is 110 Å². The van der Waals surface area contributed by atoms with Crippen LogP contribution in [0.3, 0.4) is 0 Å². The van der Waals surface area contributed by atoms with E-state index in [2.05, 4.69) is 15.3 Å². The summed E-state index contributed by atoms with van der Waals surface area (Å²) in [6.07, 6.45) is 2.57. The lowest BCUT2D eigenvalue weighted by atomic mass is 10.1. The lowest BCUT2D eigenvalue weighted by molar-refractivity contribution is 0.102. The second-order valence-corrected chi connectivity index (χ2v) is 6.26. The first-order valence-electron chi connectivity index (χ1n) is 8.55. The van der Waals surface area contributed by atoms with E-state index in [1.54, 1.807) is 18.2 Å². The zero-order valence-corrected chi connectivity index (χ0v) is 14.9. The lowest BCUT2D eigenvalue weighted by Crippen LogP contribution is -2.39. The molecule has 0 atom stereocenters. The summed E-state index contributed by atoms with van der Waals surface area (Å²) in [5.74, 6) is -0.189. The zero-order chi connectivity index (χ0) is 19.7. The van der Waals surface area contributed by atoms with Gasteiger partial charge >= 0.3 is 5.69 Å². The number of aromatic amines is 1. The maximum atomic E-state index is 12.8. The molecular formula is C20H16N4O4. The first kappa shape index (κ1) is 17.5. The van der Waals surface area contributed by atoms with Crippen molar-refractivity contribution >= 4 is 22.5 Å². The maximum absolute atomic E-state index is 12.8. The third-order valence-electron chi connectivity index (χ3n) is 4.29. The number of carbonyl (C=O) groups excluding carboxylic acids is 1. The van der Waals surface area contributed by atoms with E-state index in [0.717, 1.165) is 27.4 Å². The molecule has 28 heavy (non-hydrogen) atoms. The number of aryl methyl sites for hydroxylation is 1. The number of hydrogen-bond acceptors (Lipinski definition) is 5. The minimum absolute atomic E-state index is 0.0699. The standard InChI is InChI=1S/C20H16N4O4/c1-12-9-17(14-6-2-3-7-16(14)22-12)23-18(25)15-10-21-20(27)24(19(15)26)11-13-5-4-8-28-13/h2-10H,11H2,1H3,(H,21,27)(H,22,23,25). The molecule has 0 fully saturated rings. The molecular weight excluding hydrogens is 360 g/mol. The van der Waals surface area contributed by atoms with Gasteiger partial charge in [0.25, 0.3) is 11.5 Å². The quantitative estimate of drug-likeness (QED) is 0.568. The van der Waals surface area contributed by atoms with E-state index in [1.807, 2.05) is 31.2 Å². The molecule has 0 spiro atoms. The second-order valence-electron chi connectivity index (χ2n) is 6.26. The van der Waals surface area contributed by atoms with Gasteiger partial charge in [-0.15, -0.1) is 0 Å². The van der Waals surface area contributed by atoms with Crippen LogP contribution in [-0.2, 0) is 6.54 Å². The first-order valence-corrected chi connectivity index (χ1v) is 8.55. The van der Waals surface area contributed by atoms with E-state index >= 15 is 0 Å². The number of rotatable bonds is 4. The molecule has 0 saturated carbocycles. The number of H-pyrrole nitrogens is 1. The molecule has 4 rings (SSSR count). The van der Waals surface area contributed by atoms with Crippen LogP contribution < -0.4 is 16.6 Å². The van der Waals surface area contributed by atoms with Gasteiger partial charge in [0.2, 0.25) is 0 Å². The van der Waals surface area contributed by atoms with Gasteiger partial charge in [-0.05, 0) is 31.2 Å². The Hall–Kier alpha value is -3.94. The van der Waals surface area contributed by atoms with E-state index in [9.17, 15) is 14.4 Å². The molecule has 1 amide bonds. The summed E-state index contributed by atoms with van der Waals surface area (Å²) in [5.41, 5.74) is 0.497. The molecule has 0 radical (unpaired) electrons. The van der Waals surface area contributed by atoms with Crippen molar-refractivity contribution in [3.63, 3.8) is 0 Å². The molecule has 2 N–H and O–H groups in total. The Morgan fingerprint density at radius 3 is 2.82 bits per heavy atom. The highest BCUT2D eigenvalue weighted by molar-refractivity contribution is 6.08. The van der Waals surface area contributed by atoms with Crippen molar-refractivity contribution < 1.29 is 9.21 Å². The van der Waals surface area contributed by atoms with Gasteiger partial charge in [-0.1, -0.05) is 18.2 Å². The third-order valence-corrected chi connectivity index (χ3v) is 4.29. The van der Waals surface area contributed by atoms with Gasteiger partial charge in [0, 0.05) is 17.3 Å². The SMILES string of the molecule is Cc1cc(NC(=O)c2c[nH]c(=O)n(Cc3ccco3)c2=O)c2ccccc2n1. The second kappa shape index (κ2) is 6.99. The number of para-hydroxylation sites is 1. The summed E-state index contributed by atoms with van der Waals surface area (Å²) < 4.78 is 6.11. The summed E-state index contributed by atoms with van der Waals surface area (Å²) >= 11 is 0. The highest BCUT2D eigenvalue weighted by atomic mass is 16.3. The molecule has 0 aliphatic rings. The van der Waals surface area contributed by atoms with Crippen molar-refractivity contribution in [1.82, 2.24) is 14.5 Å². The Morgan fingerprint density at radius 1 is 1.21 bits per heavy atom. The van der Waals surface area contributed by atoms with Crippen molar-refractivity contribution in [1.29, 1.82) is 0 Å². The number of aromatic nitrogens is 3. The highest BCUT2D eigenvalue weighted by Gasteiger charge is 2.17. The van der Waals surface area contributed by atoms with E-state index in [1.165, 1.54) is 6.26 Å². The number of hydrogen-bond donors (Lipinski definition) is 2. The van der Waals surface area contributed by atoms with Gasteiger partial charge in [-0.25, -0.2) is 4.79 Å². The molecule has 0 aliphatic carbocycles. The average Bonchev–Trinajstić information content (AvgIpc) is 3.18. The Bertz CT molecular complexity index is 1290. The third kappa shape index (κ3) is 3.23. The molecule has 0 bridgehead atoms. The van der Waals surface area contributed by atoms with Crippen molar-refractivity contribution in [2.75, 3.05) is 5.32 Å². The minimum Gasteiger partial charge on any atom is -0.467 e. The van der Waals surface area contributed by atoms with Crippen LogP contribution in [0.1, 0.15) is 21.8 Å². The van der Waals surface area contributed by atoms with Gasteiger partial charge in [0.15, 0.2) is 0 Å². The van der Waals surface area contributed by atoms with Gasteiger partial charge in [-0.2, -0.15) is 0 Å². The van der Waals surface area contributed by atoms with Gasteiger partial charge in [0.05, 0.1) is 24.0 Å². The Labute approximate surface area is 158 Å². The molecule has 8 heteroatoms. The largest absolute Gasteiger partial charge is 0.467 e. The van der Waals surface area contributed by atoms with Crippen molar-refractivity contribution in [2.45, 2.75) is 13.5 Å². The molecule has 0 saturated heterocycles. The molecule has 0 unspecified atom stereocenters.